The number of fused-ring (bicyclic) bond motifs is 9. The van der Waals surface area contributed by atoms with Crippen molar-refractivity contribution >= 4 is 10.1 Å². The lowest BCUT2D eigenvalue weighted by Crippen LogP contribution is -2.34. The van der Waals surface area contributed by atoms with Gasteiger partial charge in [-0.2, -0.15) is 36.5 Å². The number of rotatable bonds is 14. The van der Waals surface area contributed by atoms with Gasteiger partial charge in [0.2, 0.25) is 17.6 Å². The normalized spacial score (nSPS) is 19.0. The summed E-state index contributed by atoms with van der Waals surface area (Å²) in [6, 6.07) is 21.1. The topological polar surface area (TPSA) is 272 Å². The molecule has 500 valence electrons. The van der Waals surface area contributed by atoms with Crippen LogP contribution in [0, 0.1) is 22.7 Å². The Morgan fingerprint density at radius 3 is 1.40 bits per heavy atom. The van der Waals surface area contributed by atoms with Gasteiger partial charge in [0.15, 0.2) is 0 Å². The van der Waals surface area contributed by atoms with Gasteiger partial charge in [-0.05, 0) is 95.5 Å². The maximum absolute atomic E-state index is 12.6. The summed E-state index contributed by atoms with van der Waals surface area (Å²) in [5.74, 6) is 6.21. The van der Waals surface area contributed by atoms with E-state index in [-0.39, 0.29) is 84.6 Å². The van der Waals surface area contributed by atoms with E-state index in [1.54, 1.807) is 15.2 Å². The van der Waals surface area contributed by atoms with Crippen LogP contribution in [0.1, 0.15) is 75.8 Å². The number of hydrogen-bond donors (Lipinski definition) is 2. The van der Waals surface area contributed by atoms with Gasteiger partial charge >= 0.3 is 32.7 Å². The zero-order valence-electron chi connectivity index (χ0n) is 52.7. The molecule has 0 radical (unpaired) electrons. The molecule has 6 aromatic rings. The summed E-state index contributed by atoms with van der Waals surface area (Å²) in [7, 11) is -5.78. The third kappa shape index (κ3) is 17.4. The molecule has 6 aliphatic heterocycles. The Morgan fingerprint density at radius 1 is 0.570 bits per heavy atom. The van der Waals surface area contributed by atoms with Crippen LogP contribution in [0.2, 0.25) is 0 Å². The molecule has 2 unspecified atom stereocenters. The first-order valence-corrected chi connectivity index (χ1v) is 32.3. The molecule has 23 nitrogen and oxygen atoms in total. The zero-order chi connectivity index (χ0) is 66.2. The number of ether oxygens (including phenoxy) is 9. The lowest BCUT2D eigenvalue weighted by molar-refractivity contribution is -0.102. The van der Waals surface area contributed by atoms with E-state index in [4.69, 9.17) is 42.6 Å². The second-order valence-corrected chi connectivity index (χ2v) is 26.8. The average Bonchev–Trinajstić information content (AvgIpc) is 0.809. The highest BCUT2D eigenvalue weighted by molar-refractivity contribution is 7.88. The van der Waals surface area contributed by atoms with Gasteiger partial charge in [-0.25, -0.2) is 14.4 Å². The van der Waals surface area contributed by atoms with Gasteiger partial charge in [-0.15, -0.1) is 0 Å². The monoisotopic (exact) mass is 1310 g/mol. The van der Waals surface area contributed by atoms with E-state index in [2.05, 4.69) is 69.9 Å². The van der Waals surface area contributed by atoms with E-state index >= 15 is 0 Å². The first kappa shape index (κ1) is 68.3. The molecule has 3 aromatic carbocycles. The lowest BCUT2D eigenvalue weighted by Gasteiger charge is -2.26. The number of aromatic nitrogens is 6. The molecule has 0 spiro atoms. The number of benzene rings is 3. The smallest absolute Gasteiger partial charge is 0.475 e. The van der Waals surface area contributed by atoms with Crippen molar-refractivity contribution in [3.8, 4) is 69.0 Å². The van der Waals surface area contributed by atoms with Crippen molar-refractivity contribution in [1.29, 1.82) is 0 Å². The van der Waals surface area contributed by atoms with Gasteiger partial charge in [-0.3, -0.25) is 13.7 Å². The summed E-state index contributed by atoms with van der Waals surface area (Å²) in [6.45, 7) is 18.7. The van der Waals surface area contributed by atoms with Crippen LogP contribution in [0.5, 0.6) is 23.4 Å². The Hall–Kier alpha value is -7.52. The highest BCUT2D eigenvalue weighted by Gasteiger charge is 2.48. The third-order valence-electron chi connectivity index (χ3n) is 16.2. The molecular formula is C66H77F3N6O17S. The molecule has 3 saturated heterocycles. The molecule has 27 heteroatoms. The molecule has 12 rings (SSSR count). The lowest BCUT2D eigenvalue weighted by atomic mass is 9.85. The summed E-state index contributed by atoms with van der Waals surface area (Å²) < 4.78 is 119. The minimum atomic E-state index is -5.78. The fourth-order valence-electron chi connectivity index (χ4n) is 10.9. The summed E-state index contributed by atoms with van der Waals surface area (Å²) >= 11 is 0. The van der Waals surface area contributed by atoms with Crippen LogP contribution in [0.4, 0.5) is 13.2 Å². The minimum absolute atomic E-state index is 0.0678. The molecule has 93 heavy (non-hydrogen) atoms. The van der Waals surface area contributed by atoms with Crippen molar-refractivity contribution < 1.29 is 78.6 Å². The Balaban J connectivity index is 0.000000153. The summed E-state index contributed by atoms with van der Waals surface area (Å²) in [5, 5.41) is 20.5. The van der Waals surface area contributed by atoms with Crippen molar-refractivity contribution in [2.24, 2.45) is 10.8 Å². The molecule has 3 aromatic heterocycles. The minimum Gasteiger partial charge on any atom is -0.475 e. The molecule has 0 aliphatic carbocycles. The zero-order valence-corrected chi connectivity index (χ0v) is 53.5. The second kappa shape index (κ2) is 29.4. The Labute approximate surface area is 535 Å². The van der Waals surface area contributed by atoms with Crippen LogP contribution >= 0.6 is 0 Å². The molecule has 0 bridgehead atoms. The number of aliphatic hydroxyl groups is 2. The van der Waals surface area contributed by atoms with E-state index < -0.39 is 33.2 Å². The molecule has 3 fully saturated rings. The highest BCUT2D eigenvalue weighted by atomic mass is 32.2. The van der Waals surface area contributed by atoms with Crippen molar-refractivity contribution in [1.82, 2.24) is 28.7 Å². The number of halogens is 3. The standard InChI is InChI=1S/C24H32N2O5.C24H28N2O5.C18H17F3N2O7S/c2*1-24(2,3)21(27)7-5-16-4-6-19-17(12-16)8-9-26-20(19)13-22(25-23(26)28)31-15-18-14-29-10-11-30-18;19-18(20,21)31(25,26)30-12-1-2-14-11(7-12)3-4-23-15(14)8-16(22-17(23)24)29-10-13-9-27-5-6-28-13/h4,6,12-13,18,21,27H,5,7-11,14-15H2,1-3H3;4,6,12-13,18,21,27H,8-11,14-15H2,1-3H3;1-2,7-8,13H,3-6,9-10H2/t2*18-,21?;13-/m000/s1. The van der Waals surface area contributed by atoms with E-state index in [1.165, 1.54) is 33.9 Å². The molecular weight excluding hydrogens is 1240 g/mol. The van der Waals surface area contributed by atoms with Gasteiger partial charge in [0.25, 0.3) is 0 Å². The van der Waals surface area contributed by atoms with Gasteiger partial charge in [0.05, 0.1) is 82.6 Å². The van der Waals surface area contributed by atoms with Crippen molar-refractivity contribution in [3.63, 3.8) is 0 Å². The molecule has 0 amide bonds. The highest BCUT2D eigenvalue weighted by Crippen LogP contribution is 2.36. The molecule has 2 N–H and O–H groups in total. The first-order valence-electron chi connectivity index (χ1n) is 30.9. The Kier molecular flexibility index (Phi) is 21.6. The number of hydrogen-bond acceptors (Lipinski definition) is 20. The van der Waals surface area contributed by atoms with E-state index in [9.17, 15) is 46.2 Å². The van der Waals surface area contributed by atoms with Crippen LogP contribution < -0.4 is 35.5 Å². The molecule has 9 heterocycles. The quantitative estimate of drug-likeness (QED) is 0.0707. The third-order valence-corrected chi connectivity index (χ3v) is 17.2. The molecule has 0 saturated carbocycles. The summed E-state index contributed by atoms with van der Waals surface area (Å²) in [5.41, 5.74) is 2.39. The Bertz CT molecular complexity index is 4000. The maximum Gasteiger partial charge on any atom is 0.534 e. The summed E-state index contributed by atoms with van der Waals surface area (Å²) in [4.78, 5) is 49.6. The van der Waals surface area contributed by atoms with Crippen molar-refractivity contribution in [2.45, 2.75) is 129 Å². The van der Waals surface area contributed by atoms with Gasteiger partial charge in [0.1, 0.15) is 50.0 Å². The van der Waals surface area contributed by atoms with Crippen LogP contribution in [0.25, 0.3) is 33.8 Å². The van der Waals surface area contributed by atoms with E-state index in [1.807, 2.05) is 45.0 Å². The SMILES string of the molecule is CC(C)(C)C(O)C#Cc1ccc2c(c1)CCn1c-2cc(OC[C@@H]2COCCO2)nc1=O.CC(C)(C)C(O)CCc1ccc2c(c1)CCn1c-2cc(OC[C@@H]2COCCO2)nc1=O.O=c1nc(OC[C@@H]2COCCO2)cc2n1CCc1cc(OS(=O)(=O)C(F)(F)F)ccc1-2. The first-order chi connectivity index (χ1) is 44.3. The van der Waals surface area contributed by atoms with Crippen LogP contribution in [0.3, 0.4) is 0 Å². The second-order valence-electron chi connectivity index (χ2n) is 25.3. The van der Waals surface area contributed by atoms with Crippen LogP contribution in [0.15, 0.2) is 87.2 Å². The van der Waals surface area contributed by atoms with Crippen molar-refractivity contribution in [3.05, 3.63) is 132 Å². The fourth-order valence-corrected chi connectivity index (χ4v) is 11.3. The predicted octanol–water partition coefficient (Wildman–Crippen LogP) is 6.11. The van der Waals surface area contributed by atoms with Gasteiger partial charge < -0.3 is 57.0 Å². The van der Waals surface area contributed by atoms with Gasteiger partial charge in [-0.1, -0.05) is 77.6 Å². The molecule has 5 atom stereocenters. The number of aliphatic hydroxyl groups excluding tert-OH is 2. The number of aryl methyl sites for hydroxylation is 4. The average molecular weight is 1320 g/mol. The predicted molar refractivity (Wildman–Crippen MR) is 333 cm³/mol. The summed E-state index contributed by atoms with van der Waals surface area (Å²) in [6.07, 6.45) is 1.69. The van der Waals surface area contributed by atoms with E-state index in [0.29, 0.717) is 108 Å². The maximum atomic E-state index is 12.6. The molecule has 6 aliphatic rings. The Morgan fingerprint density at radius 2 is 0.989 bits per heavy atom. The largest absolute Gasteiger partial charge is 0.534 e. The van der Waals surface area contributed by atoms with E-state index in [0.717, 1.165) is 59.0 Å². The van der Waals surface area contributed by atoms with Crippen LogP contribution in [-0.4, -0.2) is 163 Å². The fraction of sp³-hybridized carbons (Fsp3) is 0.515. The van der Waals surface area contributed by atoms with Gasteiger partial charge in [0, 0.05) is 60.1 Å². The number of nitrogens with zero attached hydrogens (tertiary/aromatic N) is 6. The number of alkyl halides is 3. The van der Waals surface area contributed by atoms with Crippen LogP contribution in [-0.2, 0) is 83.9 Å². The van der Waals surface area contributed by atoms with Crippen molar-refractivity contribution in [2.75, 3.05) is 79.3 Å².